The monoisotopic (exact) mass is 349 g/mol. The van der Waals surface area contributed by atoms with Gasteiger partial charge in [0.2, 0.25) is 0 Å². The zero-order chi connectivity index (χ0) is 17.1. The van der Waals surface area contributed by atoms with Gasteiger partial charge in [-0.15, -0.1) is 0 Å². The van der Waals surface area contributed by atoms with E-state index in [2.05, 4.69) is 6.07 Å². The molecule has 0 aliphatic heterocycles. The van der Waals surface area contributed by atoms with Crippen LogP contribution in [0.1, 0.15) is 11.1 Å². The average Bonchev–Trinajstić information content (AvgIpc) is 2.47. The van der Waals surface area contributed by atoms with Gasteiger partial charge in [-0.2, -0.15) is 5.26 Å². The number of nitro benzene ring substituents is 1. The van der Waals surface area contributed by atoms with Gasteiger partial charge in [0.25, 0.3) is 5.69 Å². The molecule has 0 bridgehead atoms. The molecule has 118 valence electrons. The molecule has 0 unspecified atom stereocenters. The number of halogens is 2. The van der Waals surface area contributed by atoms with Crippen LogP contribution >= 0.6 is 23.2 Å². The van der Waals surface area contributed by atoms with Crippen LogP contribution in [0.15, 0.2) is 30.3 Å². The highest BCUT2D eigenvalue weighted by atomic mass is 35.5. The minimum atomic E-state index is -0.553. The molecule has 2 rings (SSSR count). The van der Waals surface area contributed by atoms with Crippen LogP contribution < -0.4 is 0 Å². The molecule has 0 aliphatic rings. The highest BCUT2D eigenvalue weighted by molar-refractivity contribution is 6.39. The van der Waals surface area contributed by atoms with E-state index in [1.165, 1.54) is 12.1 Å². The lowest BCUT2D eigenvalue weighted by Gasteiger charge is -2.13. The number of hydrogen-bond acceptors (Lipinski definition) is 4. The first-order valence-corrected chi connectivity index (χ1v) is 7.40. The van der Waals surface area contributed by atoms with Crippen molar-refractivity contribution in [1.29, 1.82) is 5.26 Å². The van der Waals surface area contributed by atoms with Crippen molar-refractivity contribution in [2.75, 3.05) is 14.1 Å². The number of nitro groups is 1. The van der Waals surface area contributed by atoms with Crippen molar-refractivity contribution >= 4 is 28.9 Å². The lowest BCUT2D eigenvalue weighted by molar-refractivity contribution is -0.384. The van der Waals surface area contributed by atoms with Crippen LogP contribution in [-0.2, 0) is 6.54 Å². The summed E-state index contributed by atoms with van der Waals surface area (Å²) in [7, 11) is 3.83. The fourth-order valence-corrected chi connectivity index (χ4v) is 2.95. The predicted octanol–water partition coefficient (Wildman–Crippen LogP) is 4.50. The predicted molar refractivity (Wildman–Crippen MR) is 90.7 cm³/mol. The Morgan fingerprint density at radius 3 is 2.30 bits per heavy atom. The largest absolute Gasteiger partial charge is 0.305 e. The van der Waals surface area contributed by atoms with Crippen molar-refractivity contribution in [2.24, 2.45) is 0 Å². The molecule has 0 saturated carbocycles. The van der Waals surface area contributed by atoms with Crippen LogP contribution in [0.3, 0.4) is 0 Å². The molecule has 5 nitrogen and oxygen atoms in total. The van der Waals surface area contributed by atoms with Gasteiger partial charge in [-0.3, -0.25) is 10.1 Å². The molecule has 23 heavy (non-hydrogen) atoms. The van der Waals surface area contributed by atoms with Gasteiger partial charge in [0.15, 0.2) is 0 Å². The van der Waals surface area contributed by atoms with E-state index in [1.807, 2.05) is 25.1 Å². The molecule has 2 aromatic rings. The number of rotatable bonds is 4. The second kappa shape index (κ2) is 6.97. The summed E-state index contributed by atoms with van der Waals surface area (Å²) in [6.45, 7) is 0.630. The summed E-state index contributed by atoms with van der Waals surface area (Å²) in [4.78, 5) is 12.2. The average molecular weight is 350 g/mol. The maximum absolute atomic E-state index is 10.8. The Labute approximate surface area is 143 Å². The molecule has 0 heterocycles. The fourth-order valence-electron chi connectivity index (χ4n) is 2.26. The van der Waals surface area contributed by atoms with Crippen LogP contribution in [-0.4, -0.2) is 23.9 Å². The molecular weight excluding hydrogens is 337 g/mol. The zero-order valence-electron chi connectivity index (χ0n) is 12.5. The summed E-state index contributed by atoms with van der Waals surface area (Å²) < 4.78 is 0. The highest BCUT2D eigenvalue weighted by Crippen LogP contribution is 2.38. The Bertz CT molecular complexity index is 790. The van der Waals surface area contributed by atoms with Gasteiger partial charge >= 0.3 is 0 Å². The van der Waals surface area contributed by atoms with E-state index in [9.17, 15) is 15.4 Å². The van der Waals surface area contributed by atoms with E-state index in [4.69, 9.17) is 23.2 Å². The van der Waals surface area contributed by atoms with E-state index < -0.39 is 4.92 Å². The maximum atomic E-state index is 10.8. The summed E-state index contributed by atoms with van der Waals surface area (Å²) in [5.74, 6) is 0. The molecule has 2 aromatic carbocycles. The maximum Gasteiger partial charge on any atom is 0.272 e. The van der Waals surface area contributed by atoms with E-state index in [-0.39, 0.29) is 15.7 Å². The van der Waals surface area contributed by atoms with E-state index in [0.717, 1.165) is 5.56 Å². The Hall–Kier alpha value is -2.13. The molecule has 0 saturated heterocycles. The molecule has 7 heteroatoms. The second-order valence-electron chi connectivity index (χ2n) is 5.26. The van der Waals surface area contributed by atoms with Crippen LogP contribution in [0.25, 0.3) is 11.1 Å². The Kier molecular flexibility index (Phi) is 5.22. The molecule has 0 amide bonds. The molecule has 0 radical (unpaired) electrons. The van der Waals surface area contributed by atoms with Crippen molar-refractivity contribution in [2.45, 2.75) is 6.54 Å². The molecule has 0 aromatic heterocycles. The number of nitrogens with zero attached hydrogens (tertiary/aromatic N) is 3. The van der Waals surface area contributed by atoms with E-state index >= 15 is 0 Å². The third-order valence-electron chi connectivity index (χ3n) is 3.24. The molecule has 0 atom stereocenters. The topological polar surface area (TPSA) is 70.2 Å². The molecule has 0 N–H and O–H groups in total. The Morgan fingerprint density at radius 1 is 1.22 bits per heavy atom. The summed E-state index contributed by atoms with van der Waals surface area (Å²) >= 11 is 12.3. The molecule has 0 aliphatic carbocycles. The SMILES string of the molecule is CN(C)Cc1ccc(-c2c(Cl)cc([N+](=O)[O-])cc2Cl)cc1C#N. The Balaban J connectivity index is 2.55. The minimum Gasteiger partial charge on any atom is -0.305 e. The van der Waals surface area contributed by atoms with Crippen LogP contribution in [0.2, 0.25) is 10.0 Å². The van der Waals surface area contributed by atoms with Gasteiger partial charge < -0.3 is 4.90 Å². The normalized spacial score (nSPS) is 10.6. The van der Waals surface area contributed by atoms with Crippen molar-refractivity contribution in [1.82, 2.24) is 4.90 Å². The second-order valence-corrected chi connectivity index (χ2v) is 6.08. The van der Waals surface area contributed by atoms with Crippen molar-refractivity contribution < 1.29 is 4.92 Å². The summed E-state index contributed by atoms with van der Waals surface area (Å²) in [5, 5.41) is 20.5. The van der Waals surface area contributed by atoms with Crippen LogP contribution in [0, 0.1) is 21.4 Å². The quantitative estimate of drug-likeness (QED) is 0.601. The standard InChI is InChI=1S/C16H13Cl2N3O2/c1-20(2)9-11-4-3-10(5-12(11)8-19)16-14(17)6-13(21(22)23)7-15(16)18/h3-7H,9H2,1-2H3. The van der Waals surface area contributed by atoms with Crippen LogP contribution in [0.5, 0.6) is 0 Å². The highest BCUT2D eigenvalue weighted by Gasteiger charge is 2.17. The van der Waals surface area contributed by atoms with Gasteiger partial charge in [-0.25, -0.2) is 0 Å². The lowest BCUT2D eigenvalue weighted by atomic mass is 9.99. The van der Waals surface area contributed by atoms with Crippen molar-refractivity contribution in [3.8, 4) is 17.2 Å². The van der Waals surface area contributed by atoms with E-state index in [0.29, 0.717) is 23.2 Å². The lowest BCUT2D eigenvalue weighted by Crippen LogP contribution is -2.11. The first-order valence-electron chi connectivity index (χ1n) is 6.65. The fraction of sp³-hybridized carbons (Fsp3) is 0.188. The number of hydrogen-bond donors (Lipinski definition) is 0. The van der Waals surface area contributed by atoms with Gasteiger partial charge in [-0.05, 0) is 31.3 Å². The van der Waals surface area contributed by atoms with Crippen molar-refractivity contribution in [3.05, 3.63) is 61.6 Å². The van der Waals surface area contributed by atoms with Gasteiger partial charge in [0.05, 0.1) is 26.6 Å². The smallest absolute Gasteiger partial charge is 0.272 e. The van der Waals surface area contributed by atoms with E-state index in [1.54, 1.807) is 12.1 Å². The number of non-ortho nitro benzene ring substituents is 1. The van der Waals surface area contributed by atoms with Crippen LogP contribution in [0.4, 0.5) is 5.69 Å². The van der Waals surface area contributed by atoms with Gasteiger partial charge in [0, 0.05) is 24.2 Å². The molecule has 0 spiro atoms. The summed E-state index contributed by atoms with van der Waals surface area (Å²) in [6, 6.07) is 10.00. The van der Waals surface area contributed by atoms with Gasteiger partial charge in [0.1, 0.15) is 0 Å². The number of nitriles is 1. The summed E-state index contributed by atoms with van der Waals surface area (Å²) in [6.07, 6.45) is 0. The van der Waals surface area contributed by atoms with Gasteiger partial charge in [-0.1, -0.05) is 35.3 Å². The Morgan fingerprint density at radius 2 is 1.83 bits per heavy atom. The zero-order valence-corrected chi connectivity index (χ0v) is 14.0. The first kappa shape index (κ1) is 17.2. The third kappa shape index (κ3) is 3.80. The minimum absolute atomic E-state index is 0.173. The van der Waals surface area contributed by atoms with Crippen molar-refractivity contribution in [3.63, 3.8) is 0 Å². The molecular formula is C16H13Cl2N3O2. The third-order valence-corrected chi connectivity index (χ3v) is 3.84. The summed E-state index contributed by atoms with van der Waals surface area (Å²) in [5.41, 5.74) is 2.35. The number of benzene rings is 2. The molecule has 0 fully saturated rings. The first-order chi connectivity index (χ1) is 10.8.